The van der Waals surface area contributed by atoms with E-state index in [4.69, 9.17) is 0 Å². The van der Waals surface area contributed by atoms with Crippen LogP contribution in [0.2, 0.25) is 0 Å². The Bertz CT molecular complexity index is 359. The quantitative estimate of drug-likeness (QED) is 0.826. The number of thioether (sulfide) groups is 1. The third kappa shape index (κ3) is 2.75. The summed E-state index contributed by atoms with van der Waals surface area (Å²) in [5, 5.41) is 9.61. The van der Waals surface area contributed by atoms with Crippen LogP contribution in [0.25, 0.3) is 0 Å². The number of aryl methyl sites for hydroxylation is 1. The van der Waals surface area contributed by atoms with Crippen LogP contribution in [0.3, 0.4) is 0 Å². The van der Waals surface area contributed by atoms with E-state index in [2.05, 4.69) is 20.5 Å². The van der Waals surface area contributed by atoms with Crippen LogP contribution >= 0.6 is 11.8 Å². The fourth-order valence-corrected chi connectivity index (χ4v) is 2.73. The number of carbonyl (C=O) groups excluding carboxylic acids is 1. The minimum atomic E-state index is -0.163. The number of hydrogen-bond donors (Lipinski definition) is 2. The Morgan fingerprint density at radius 2 is 2.56 bits per heavy atom. The van der Waals surface area contributed by atoms with Gasteiger partial charge in [0, 0.05) is 18.2 Å². The zero-order valence-corrected chi connectivity index (χ0v) is 10.1. The molecule has 16 heavy (non-hydrogen) atoms. The van der Waals surface area contributed by atoms with E-state index in [1.165, 1.54) is 12.2 Å². The van der Waals surface area contributed by atoms with Crippen molar-refractivity contribution in [1.29, 1.82) is 0 Å². The summed E-state index contributed by atoms with van der Waals surface area (Å²) < 4.78 is 0. The van der Waals surface area contributed by atoms with Crippen LogP contribution in [0.15, 0.2) is 0 Å². The Balaban J connectivity index is 1.91. The van der Waals surface area contributed by atoms with E-state index in [1.807, 2.05) is 18.7 Å². The van der Waals surface area contributed by atoms with Crippen molar-refractivity contribution >= 4 is 17.7 Å². The first kappa shape index (κ1) is 11.4. The second kappa shape index (κ2) is 5.34. The minimum absolute atomic E-state index is 0.163. The Morgan fingerprint density at radius 3 is 3.19 bits per heavy atom. The van der Waals surface area contributed by atoms with Crippen molar-refractivity contribution in [3.05, 3.63) is 11.6 Å². The summed E-state index contributed by atoms with van der Waals surface area (Å²) in [6, 6.07) is 0.273. The van der Waals surface area contributed by atoms with Crippen LogP contribution in [0.5, 0.6) is 0 Å². The van der Waals surface area contributed by atoms with Crippen LogP contribution in [0.1, 0.15) is 36.2 Å². The van der Waals surface area contributed by atoms with Crippen molar-refractivity contribution in [3.8, 4) is 0 Å². The van der Waals surface area contributed by atoms with Gasteiger partial charge in [-0.15, -0.1) is 5.10 Å². The topological polar surface area (TPSA) is 70.7 Å². The van der Waals surface area contributed by atoms with Gasteiger partial charge in [-0.05, 0) is 18.6 Å². The number of nitrogens with zero attached hydrogens (tertiary/aromatic N) is 2. The van der Waals surface area contributed by atoms with Gasteiger partial charge in [-0.1, -0.05) is 6.92 Å². The van der Waals surface area contributed by atoms with Crippen LogP contribution in [-0.2, 0) is 6.42 Å². The molecule has 0 radical (unpaired) electrons. The number of carbonyl (C=O) groups is 1. The summed E-state index contributed by atoms with van der Waals surface area (Å²) >= 11 is 1.89. The number of amides is 1. The highest BCUT2D eigenvalue weighted by atomic mass is 32.2. The molecule has 2 rings (SSSR count). The largest absolute Gasteiger partial charge is 0.346 e. The summed E-state index contributed by atoms with van der Waals surface area (Å²) in [4.78, 5) is 15.9. The zero-order valence-electron chi connectivity index (χ0n) is 9.32. The SMILES string of the molecule is CCc1nc(C(=O)NC2CCCSC2)n[nH]1. The highest BCUT2D eigenvalue weighted by Crippen LogP contribution is 2.16. The molecule has 1 aliphatic rings. The standard InChI is InChI=1S/C10H16N4OS/c1-2-8-12-9(14-13-8)10(15)11-7-4-3-5-16-6-7/h7H,2-6H2,1H3,(H,11,15)(H,12,13,14). The van der Waals surface area contributed by atoms with E-state index in [-0.39, 0.29) is 17.8 Å². The molecule has 5 nitrogen and oxygen atoms in total. The van der Waals surface area contributed by atoms with Gasteiger partial charge in [-0.2, -0.15) is 11.8 Å². The van der Waals surface area contributed by atoms with Crippen LogP contribution in [0.4, 0.5) is 0 Å². The molecule has 1 fully saturated rings. The van der Waals surface area contributed by atoms with Crippen LogP contribution in [-0.4, -0.2) is 38.6 Å². The summed E-state index contributed by atoms with van der Waals surface area (Å²) in [5.41, 5.74) is 0. The van der Waals surface area contributed by atoms with Crippen LogP contribution in [0, 0.1) is 0 Å². The first-order valence-corrected chi connectivity index (χ1v) is 6.75. The van der Waals surface area contributed by atoms with Gasteiger partial charge in [0.2, 0.25) is 5.82 Å². The van der Waals surface area contributed by atoms with Crippen molar-refractivity contribution in [2.24, 2.45) is 0 Å². The molecule has 1 amide bonds. The van der Waals surface area contributed by atoms with Crippen molar-refractivity contribution in [1.82, 2.24) is 20.5 Å². The molecule has 1 aromatic rings. The van der Waals surface area contributed by atoms with Gasteiger partial charge in [0.05, 0.1) is 0 Å². The number of hydrogen-bond acceptors (Lipinski definition) is 4. The lowest BCUT2D eigenvalue weighted by molar-refractivity contribution is 0.0928. The minimum Gasteiger partial charge on any atom is -0.346 e. The van der Waals surface area contributed by atoms with E-state index >= 15 is 0 Å². The number of aromatic amines is 1. The van der Waals surface area contributed by atoms with E-state index in [1.54, 1.807) is 0 Å². The molecule has 0 aromatic carbocycles. The van der Waals surface area contributed by atoms with Gasteiger partial charge in [0.15, 0.2) is 0 Å². The predicted octanol–water partition coefficient (Wildman–Crippen LogP) is 0.992. The van der Waals surface area contributed by atoms with Gasteiger partial charge in [0.25, 0.3) is 5.91 Å². The first-order valence-electron chi connectivity index (χ1n) is 5.59. The molecular formula is C10H16N4OS. The van der Waals surface area contributed by atoms with Gasteiger partial charge in [-0.3, -0.25) is 9.89 Å². The maximum atomic E-state index is 11.8. The lowest BCUT2D eigenvalue weighted by Gasteiger charge is -2.21. The van der Waals surface area contributed by atoms with E-state index in [0.29, 0.717) is 0 Å². The Morgan fingerprint density at radius 1 is 1.69 bits per heavy atom. The summed E-state index contributed by atoms with van der Waals surface area (Å²) in [6.07, 6.45) is 2.99. The highest BCUT2D eigenvalue weighted by molar-refractivity contribution is 7.99. The molecule has 2 N–H and O–H groups in total. The molecule has 0 bridgehead atoms. The average Bonchev–Trinajstić information content (AvgIpc) is 2.79. The second-order valence-corrected chi connectivity index (χ2v) is 5.00. The van der Waals surface area contributed by atoms with Gasteiger partial charge < -0.3 is 5.32 Å². The van der Waals surface area contributed by atoms with Gasteiger partial charge in [-0.25, -0.2) is 4.98 Å². The normalized spacial score (nSPS) is 20.7. The molecule has 1 saturated heterocycles. The predicted molar refractivity (Wildman–Crippen MR) is 63.6 cm³/mol. The Kier molecular flexibility index (Phi) is 3.82. The molecule has 1 aromatic heterocycles. The molecule has 0 saturated carbocycles. The smallest absolute Gasteiger partial charge is 0.291 e. The third-order valence-corrected chi connectivity index (χ3v) is 3.78. The molecule has 0 spiro atoms. The maximum absolute atomic E-state index is 11.8. The van der Waals surface area contributed by atoms with Crippen molar-refractivity contribution in [3.63, 3.8) is 0 Å². The van der Waals surface area contributed by atoms with Crippen molar-refractivity contribution in [2.75, 3.05) is 11.5 Å². The molecule has 0 aliphatic carbocycles. The Hall–Kier alpha value is -1.04. The first-order chi connectivity index (χ1) is 7.79. The fourth-order valence-electron chi connectivity index (χ4n) is 1.66. The van der Waals surface area contributed by atoms with E-state index < -0.39 is 0 Å². The summed E-state index contributed by atoms with van der Waals surface area (Å²) in [7, 11) is 0. The molecule has 1 atom stereocenters. The monoisotopic (exact) mass is 240 g/mol. The highest BCUT2D eigenvalue weighted by Gasteiger charge is 2.19. The molecule has 6 heteroatoms. The van der Waals surface area contributed by atoms with E-state index in [0.717, 1.165) is 24.4 Å². The summed E-state index contributed by atoms with van der Waals surface area (Å²) in [6.45, 7) is 1.97. The molecule has 1 unspecified atom stereocenters. The number of nitrogens with one attached hydrogen (secondary N) is 2. The van der Waals surface area contributed by atoms with Crippen molar-refractivity contribution in [2.45, 2.75) is 32.2 Å². The zero-order chi connectivity index (χ0) is 11.4. The molecule has 88 valence electrons. The van der Waals surface area contributed by atoms with E-state index in [9.17, 15) is 4.79 Å². The summed E-state index contributed by atoms with van der Waals surface area (Å²) in [5.74, 6) is 3.04. The average molecular weight is 240 g/mol. The second-order valence-electron chi connectivity index (χ2n) is 3.85. The van der Waals surface area contributed by atoms with Gasteiger partial charge in [0.1, 0.15) is 5.82 Å². The van der Waals surface area contributed by atoms with Crippen LogP contribution < -0.4 is 5.32 Å². The van der Waals surface area contributed by atoms with Gasteiger partial charge >= 0.3 is 0 Å². The lowest BCUT2D eigenvalue weighted by atomic mass is 10.2. The number of H-pyrrole nitrogens is 1. The Labute approximate surface area is 98.8 Å². The fraction of sp³-hybridized carbons (Fsp3) is 0.700. The third-order valence-electron chi connectivity index (χ3n) is 2.57. The molecular weight excluding hydrogens is 224 g/mol. The van der Waals surface area contributed by atoms with Crippen molar-refractivity contribution < 1.29 is 4.79 Å². The lowest BCUT2D eigenvalue weighted by Crippen LogP contribution is -2.38. The number of rotatable bonds is 3. The molecule has 1 aliphatic heterocycles. The molecule has 2 heterocycles. The maximum Gasteiger partial charge on any atom is 0.291 e. The number of aromatic nitrogens is 3.